The van der Waals surface area contributed by atoms with Crippen LogP contribution < -0.4 is 5.32 Å². The Morgan fingerprint density at radius 3 is 2.29 bits per heavy atom. The first-order chi connectivity index (χ1) is 8.01. The van der Waals surface area contributed by atoms with Crippen LogP contribution >= 0.6 is 0 Å². The van der Waals surface area contributed by atoms with E-state index >= 15 is 0 Å². The molecule has 0 spiro atoms. The number of piperazine rings is 1. The first-order valence-electron chi connectivity index (χ1n) is 7.51. The average molecular weight is 238 g/mol. The Bertz CT molecular complexity index is 252. The molecule has 1 saturated carbocycles. The molecule has 2 nitrogen and oxygen atoms in total. The van der Waals surface area contributed by atoms with Crippen LogP contribution in [0.15, 0.2) is 0 Å². The SMILES string of the molecule is CCC1(CC)CNC(C)(C)CN1CC1CCC1. The van der Waals surface area contributed by atoms with Gasteiger partial charge in [-0.15, -0.1) is 0 Å². The summed E-state index contributed by atoms with van der Waals surface area (Å²) in [6, 6.07) is 0. The molecule has 17 heavy (non-hydrogen) atoms. The lowest BCUT2D eigenvalue weighted by atomic mass is 9.80. The van der Waals surface area contributed by atoms with Gasteiger partial charge >= 0.3 is 0 Å². The Hall–Kier alpha value is -0.0800. The molecule has 0 radical (unpaired) electrons. The third-order valence-corrected chi connectivity index (χ3v) is 5.17. The van der Waals surface area contributed by atoms with Crippen LogP contribution in [0.5, 0.6) is 0 Å². The molecule has 100 valence electrons. The maximum atomic E-state index is 3.75. The highest BCUT2D eigenvalue weighted by Gasteiger charge is 2.42. The topological polar surface area (TPSA) is 15.3 Å². The lowest BCUT2D eigenvalue weighted by molar-refractivity contribution is -0.0111. The second-order valence-electron chi connectivity index (χ2n) is 6.85. The molecule has 1 N–H and O–H groups in total. The van der Waals surface area contributed by atoms with Gasteiger partial charge in [-0.05, 0) is 45.4 Å². The van der Waals surface area contributed by atoms with E-state index in [4.69, 9.17) is 0 Å². The molecule has 0 unspecified atom stereocenters. The highest BCUT2D eigenvalue weighted by Crippen LogP contribution is 2.34. The Balaban J connectivity index is 2.07. The molecular formula is C15H30N2. The van der Waals surface area contributed by atoms with Gasteiger partial charge in [0.05, 0.1) is 0 Å². The van der Waals surface area contributed by atoms with Gasteiger partial charge in [0.25, 0.3) is 0 Å². The summed E-state index contributed by atoms with van der Waals surface area (Å²) in [6.45, 7) is 13.1. The minimum Gasteiger partial charge on any atom is -0.309 e. The Kier molecular flexibility index (Phi) is 3.84. The van der Waals surface area contributed by atoms with Crippen molar-refractivity contribution in [3.8, 4) is 0 Å². The Morgan fingerprint density at radius 1 is 1.18 bits per heavy atom. The lowest BCUT2D eigenvalue weighted by Gasteiger charge is -2.54. The van der Waals surface area contributed by atoms with Gasteiger partial charge in [-0.2, -0.15) is 0 Å². The average Bonchev–Trinajstić information content (AvgIpc) is 2.24. The van der Waals surface area contributed by atoms with Crippen LogP contribution in [0.25, 0.3) is 0 Å². The summed E-state index contributed by atoms with van der Waals surface area (Å²) in [5, 5.41) is 3.75. The number of hydrogen-bond donors (Lipinski definition) is 1. The Morgan fingerprint density at radius 2 is 1.82 bits per heavy atom. The van der Waals surface area contributed by atoms with Gasteiger partial charge in [0.1, 0.15) is 0 Å². The zero-order valence-electron chi connectivity index (χ0n) is 12.2. The van der Waals surface area contributed by atoms with Crippen LogP contribution in [-0.2, 0) is 0 Å². The Labute approximate surface area is 107 Å². The van der Waals surface area contributed by atoms with Gasteiger partial charge < -0.3 is 5.32 Å². The summed E-state index contributed by atoms with van der Waals surface area (Å²) >= 11 is 0. The van der Waals surface area contributed by atoms with E-state index in [1.54, 1.807) is 0 Å². The van der Waals surface area contributed by atoms with Gasteiger partial charge in [0.2, 0.25) is 0 Å². The molecule has 2 aliphatic rings. The van der Waals surface area contributed by atoms with Crippen molar-refractivity contribution in [2.45, 2.75) is 70.9 Å². The summed E-state index contributed by atoms with van der Waals surface area (Å²) < 4.78 is 0. The van der Waals surface area contributed by atoms with Crippen molar-refractivity contribution < 1.29 is 0 Å². The van der Waals surface area contributed by atoms with E-state index in [0.29, 0.717) is 5.54 Å². The lowest BCUT2D eigenvalue weighted by Crippen LogP contribution is -2.68. The number of rotatable bonds is 4. The molecule has 0 bridgehead atoms. The normalized spacial score (nSPS) is 28.9. The number of nitrogens with zero attached hydrogens (tertiary/aromatic N) is 1. The number of hydrogen-bond acceptors (Lipinski definition) is 2. The van der Waals surface area contributed by atoms with Crippen molar-refractivity contribution in [1.82, 2.24) is 10.2 Å². The fourth-order valence-electron chi connectivity index (χ4n) is 3.41. The molecule has 2 rings (SSSR count). The molecule has 1 heterocycles. The summed E-state index contributed by atoms with van der Waals surface area (Å²) in [7, 11) is 0. The molecular weight excluding hydrogens is 208 g/mol. The van der Waals surface area contributed by atoms with Gasteiger partial charge in [0.15, 0.2) is 0 Å². The van der Waals surface area contributed by atoms with Gasteiger partial charge in [-0.3, -0.25) is 4.90 Å². The summed E-state index contributed by atoms with van der Waals surface area (Å²) in [5.41, 5.74) is 0.711. The fourth-order valence-corrected chi connectivity index (χ4v) is 3.41. The predicted molar refractivity (Wildman–Crippen MR) is 74.3 cm³/mol. The van der Waals surface area contributed by atoms with E-state index in [0.717, 1.165) is 5.92 Å². The van der Waals surface area contributed by atoms with E-state index in [1.807, 2.05) is 0 Å². The summed E-state index contributed by atoms with van der Waals surface area (Å²) in [4.78, 5) is 2.81. The molecule has 0 aromatic rings. The van der Waals surface area contributed by atoms with Crippen molar-refractivity contribution in [1.29, 1.82) is 0 Å². The maximum absolute atomic E-state index is 3.75. The largest absolute Gasteiger partial charge is 0.309 e. The molecule has 1 aliphatic carbocycles. The van der Waals surface area contributed by atoms with Crippen LogP contribution in [0.2, 0.25) is 0 Å². The third kappa shape index (κ3) is 2.68. The zero-order valence-corrected chi connectivity index (χ0v) is 12.2. The van der Waals surface area contributed by atoms with Crippen molar-refractivity contribution in [3.05, 3.63) is 0 Å². The van der Waals surface area contributed by atoms with Crippen molar-refractivity contribution >= 4 is 0 Å². The van der Waals surface area contributed by atoms with Crippen molar-refractivity contribution in [2.24, 2.45) is 5.92 Å². The summed E-state index contributed by atoms with van der Waals surface area (Å²) in [6.07, 6.45) is 6.95. The molecule has 0 amide bonds. The second kappa shape index (κ2) is 4.89. The highest BCUT2D eigenvalue weighted by atomic mass is 15.3. The van der Waals surface area contributed by atoms with Crippen LogP contribution in [-0.4, -0.2) is 35.6 Å². The van der Waals surface area contributed by atoms with E-state index in [2.05, 4.69) is 37.9 Å². The second-order valence-corrected chi connectivity index (χ2v) is 6.85. The summed E-state index contributed by atoms with van der Waals surface area (Å²) in [5.74, 6) is 0.987. The van der Waals surface area contributed by atoms with Crippen LogP contribution in [0.4, 0.5) is 0 Å². The van der Waals surface area contributed by atoms with E-state index in [-0.39, 0.29) is 5.54 Å². The third-order valence-electron chi connectivity index (χ3n) is 5.17. The van der Waals surface area contributed by atoms with E-state index in [9.17, 15) is 0 Å². The van der Waals surface area contributed by atoms with Gasteiger partial charge in [0, 0.05) is 30.7 Å². The van der Waals surface area contributed by atoms with Gasteiger partial charge in [-0.1, -0.05) is 20.3 Å². The van der Waals surface area contributed by atoms with Crippen molar-refractivity contribution in [3.63, 3.8) is 0 Å². The van der Waals surface area contributed by atoms with Crippen LogP contribution in [0.1, 0.15) is 59.8 Å². The standard InChI is InChI=1S/C15H30N2/c1-5-15(6-2)11-16-14(3,4)12-17(15)10-13-8-7-9-13/h13,16H,5-12H2,1-4H3. The minimum absolute atomic E-state index is 0.289. The van der Waals surface area contributed by atoms with Crippen LogP contribution in [0, 0.1) is 5.92 Å². The molecule has 0 atom stereocenters. The smallest absolute Gasteiger partial charge is 0.0329 e. The molecule has 1 aliphatic heterocycles. The quantitative estimate of drug-likeness (QED) is 0.810. The minimum atomic E-state index is 0.289. The fraction of sp³-hybridized carbons (Fsp3) is 1.00. The van der Waals surface area contributed by atoms with Gasteiger partial charge in [-0.25, -0.2) is 0 Å². The number of nitrogens with one attached hydrogen (secondary N) is 1. The highest BCUT2D eigenvalue weighted by molar-refractivity contribution is 5.01. The molecule has 2 heteroatoms. The molecule has 2 fully saturated rings. The maximum Gasteiger partial charge on any atom is 0.0329 e. The first-order valence-corrected chi connectivity index (χ1v) is 7.51. The first kappa shape index (κ1) is 13.4. The predicted octanol–water partition coefficient (Wildman–Crippen LogP) is 3.03. The monoisotopic (exact) mass is 238 g/mol. The van der Waals surface area contributed by atoms with Crippen LogP contribution in [0.3, 0.4) is 0 Å². The van der Waals surface area contributed by atoms with Crippen molar-refractivity contribution in [2.75, 3.05) is 19.6 Å². The molecule has 0 aromatic heterocycles. The zero-order chi connectivity index (χ0) is 12.5. The molecule has 1 saturated heterocycles. The molecule has 0 aromatic carbocycles. The van der Waals surface area contributed by atoms with E-state index < -0.39 is 0 Å². The van der Waals surface area contributed by atoms with E-state index in [1.165, 1.54) is 51.7 Å².